The highest BCUT2D eigenvalue weighted by Gasteiger charge is 2.50. The fourth-order valence-electron chi connectivity index (χ4n) is 6.05. The summed E-state index contributed by atoms with van der Waals surface area (Å²) < 4.78 is 84.0. The van der Waals surface area contributed by atoms with Gasteiger partial charge in [0.25, 0.3) is 10.0 Å². The molecule has 5 aromatic rings. The van der Waals surface area contributed by atoms with Crippen molar-refractivity contribution in [3.8, 4) is 22.8 Å². The predicted molar refractivity (Wildman–Crippen MR) is 155 cm³/mol. The zero-order chi connectivity index (χ0) is 31.8. The zero-order valence-electron chi connectivity index (χ0n) is 24.0. The number of rotatable bonds is 7. The van der Waals surface area contributed by atoms with E-state index in [4.69, 9.17) is 9.47 Å². The van der Waals surface area contributed by atoms with Crippen LogP contribution in [0.2, 0.25) is 0 Å². The first kappa shape index (κ1) is 29.0. The molecule has 2 aliphatic heterocycles. The van der Waals surface area contributed by atoms with E-state index in [0.29, 0.717) is 16.9 Å². The second-order valence-corrected chi connectivity index (χ2v) is 13.0. The van der Waals surface area contributed by atoms with Gasteiger partial charge in [-0.2, -0.15) is 8.78 Å². The van der Waals surface area contributed by atoms with Crippen LogP contribution in [0.4, 0.5) is 18.9 Å². The first-order valence-electron chi connectivity index (χ1n) is 13.8. The van der Waals surface area contributed by atoms with Crippen LogP contribution in [0.15, 0.2) is 66.0 Å². The molecule has 0 unspecified atom stereocenters. The molecule has 0 radical (unpaired) electrons. The number of nitrogens with zero attached hydrogens (tertiary/aromatic N) is 6. The second kappa shape index (κ2) is 10.1. The highest BCUT2D eigenvalue weighted by molar-refractivity contribution is 7.92. The maximum Gasteiger partial charge on any atom is 0.387 e. The van der Waals surface area contributed by atoms with Crippen molar-refractivity contribution in [1.82, 2.24) is 24.5 Å². The van der Waals surface area contributed by atoms with E-state index < -0.39 is 40.1 Å². The molecular formula is C30H25F3N6O5S. The summed E-state index contributed by atoms with van der Waals surface area (Å²) in [7, 11) is -2.93. The first-order chi connectivity index (χ1) is 21.4. The van der Waals surface area contributed by atoms with E-state index in [0.717, 1.165) is 10.5 Å². The van der Waals surface area contributed by atoms with Crippen LogP contribution in [0.3, 0.4) is 0 Å². The minimum absolute atomic E-state index is 0.139. The third kappa shape index (κ3) is 4.56. The highest BCUT2D eigenvalue weighted by Crippen LogP contribution is 2.56. The number of aromatic nitrogens is 5. The molecule has 0 saturated heterocycles. The third-order valence-corrected chi connectivity index (χ3v) is 9.77. The van der Waals surface area contributed by atoms with Gasteiger partial charge in [0.15, 0.2) is 5.82 Å². The molecule has 0 spiro atoms. The predicted octanol–water partition coefficient (Wildman–Crippen LogP) is 5.11. The fraction of sp³-hybridized carbons (Fsp3) is 0.267. The quantitative estimate of drug-likeness (QED) is 0.258. The summed E-state index contributed by atoms with van der Waals surface area (Å²) in [6.07, 6.45) is 4.11. The molecule has 45 heavy (non-hydrogen) atoms. The molecule has 0 aliphatic carbocycles. The van der Waals surface area contributed by atoms with Crippen molar-refractivity contribution in [2.45, 2.75) is 49.5 Å². The number of anilines is 1. The van der Waals surface area contributed by atoms with Crippen LogP contribution in [0.1, 0.15) is 49.6 Å². The number of halogens is 3. The van der Waals surface area contributed by atoms with Crippen molar-refractivity contribution >= 4 is 26.7 Å². The molecule has 11 nitrogen and oxygen atoms in total. The number of hydrogen-bond acceptors (Lipinski definition) is 9. The van der Waals surface area contributed by atoms with Gasteiger partial charge in [0.05, 0.1) is 36.1 Å². The Morgan fingerprint density at radius 3 is 2.44 bits per heavy atom. The number of aliphatic hydroxyl groups is 1. The van der Waals surface area contributed by atoms with Crippen LogP contribution >= 0.6 is 0 Å². The van der Waals surface area contributed by atoms with E-state index in [9.17, 15) is 22.3 Å². The molecule has 2 aromatic carbocycles. The molecular weight excluding hydrogens is 613 g/mol. The third-order valence-electron chi connectivity index (χ3n) is 7.96. The number of fused-ring (bicyclic) bond motifs is 3. The lowest BCUT2D eigenvalue weighted by atomic mass is 9.95. The van der Waals surface area contributed by atoms with Gasteiger partial charge >= 0.3 is 6.61 Å². The topological polar surface area (TPSA) is 133 Å². The Balaban J connectivity index is 1.43. The van der Waals surface area contributed by atoms with Crippen LogP contribution in [-0.2, 0) is 15.6 Å². The number of ether oxygens (including phenoxy) is 2. The summed E-state index contributed by atoms with van der Waals surface area (Å²) >= 11 is 0. The van der Waals surface area contributed by atoms with Gasteiger partial charge in [0, 0.05) is 47.6 Å². The first-order valence-corrected chi connectivity index (χ1v) is 15.2. The lowest BCUT2D eigenvalue weighted by Crippen LogP contribution is -2.37. The number of imidazole rings is 1. The summed E-state index contributed by atoms with van der Waals surface area (Å²) in [5.41, 5.74) is 0.238. The maximum absolute atomic E-state index is 15.5. The summed E-state index contributed by atoms with van der Waals surface area (Å²) in [6.45, 7) is -0.111. The van der Waals surface area contributed by atoms with Crippen LogP contribution in [-0.4, -0.2) is 51.7 Å². The van der Waals surface area contributed by atoms with E-state index >= 15 is 4.39 Å². The fourth-order valence-corrected chi connectivity index (χ4v) is 7.63. The Kier molecular flexibility index (Phi) is 6.53. The number of hydrogen-bond donors (Lipinski definition) is 1. The van der Waals surface area contributed by atoms with E-state index in [1.807, 2.05) is 0 Å². The van der Waals surface area contributed by atoms with Crippen LogP contribution in [0.25, 0.3) is 22.2 Å². The Hall–Kier alpha value is -4.76. The van der Waals surface area contributed by atoms with Crippen LogP contribution < -0.4 is 13.8 Å². The van der Waals surface area contributed by atoms with Gasteiger partial charge < -0.3 is 19.1 Å². The van der Waals surface area contributed by atoms with Crippen molar-refractivity contribution in [3.05, 3.63) is 84.1 Å². The van der Waals surface area contributed by atoms with Gasteiger partial charge in [0.2, 0.25) is 5.88 Å². The van der Waals surface area contributed by atoms with Gasteiger partial charge in [-0.15, -0.1) is 0 Å². The summed E-state index contributed by atoms with van der Waals surface area (Å²) in [5, 5.41) is 10.2. The van der Waals surface area contributed by atoms with Crippen molar-refractivity contribution in [1.29, 1.82) is 0 Å². The van der Waals surface area contributed by atoms with Gasteiger partial charge in [-0.3, -0.25) is 4.31 Å². The molecule has 7 rings (SSSR count). The minimum atomic E-state index is -4.33. The minimum Gasteiger partial charge on any atom is -0.481 e. The highest BCUT2D eigenvalue weighted by atomic mass is 32.2. The Bertz CT molecular complexity index is 2070. The molecule has 5 heterocycles. The standard InChI is InChI=1S/C30H25F3N6O5S/c1-30(2,40)28-35-12-15(13-36-28)17-9-21-19(10-18(17)31)37-27-23-11-22(38(21)27)26-20(5-4-6-24(26)44-29(32)33)39(23)45(41,42)16-7-8-25(43-3)34-14-16/h4-10,12-14,22-23,29,40H,11H2,1-3H3/t22-,23-/m1/s1. The van der Waals surface area contributed by atoms with Crippen molar-refractivity contribution < 1.29 is 36.2 Å². The average molecular weight is 639 g/mol. The number of pyridine rings is 1. The molecule has 2 bridgehead atoms. The Labute approximate surface area is 255 Å². The average Bonchev–Trinajstić information content (AvgIpc) is 3.51. The molecule has 232 valence electrons. The molecule has 2 atom stereocenters. The van der Waals surface area contributed by atoms with Crippen molar-refractivity contribution in [2.24, 2.45) is 0 Å². The number of alkyl halides is 2. The van der Waals surface area contributed by atoms with Gasteiger partial charge in [-0.05, 0) is 38.1 Å². The largest absolute Gasteiger partial charge is 0.481 e. The van der Waals surface area contributed by atoms with Crippen molar-refractivity contribution in [3.63, 3.8) is 0 Å². The van der Waals surface area contributed by atoms with Crippen molar-refractivity contribution in [2.75, 3.05) is 11.4 Å². The second-order valence-electron chi connectivity index (χ2n) is 11.2. The lowest BCUT2D eigenvalue weighted by Gasteiger charge is -2.36. The maximum atomic E-state index is 15.5. The Morgan fingerprint density at radius 1 is 1.04 bits per heavy atom. The molecule has 3 aromatic heterocycles. The number of sulfonamides is 1. The SMILES string of the molecule is COc1ccc(S(=O)(=O)N2c3cccc(OC(F)F)c3[C@H]3C[C@@H]2c2nc4cc(F)c(-c5cnc(C(C)(C)O)nc5)cc4n23)cn1. The molecule has 1 N–H and O–H groups in total. The number of benzene rings is 2. The Morgan fingerprint density at radius 2 is 1.80 bits per heavy atom. The monoisotopic (exact) mass is 638 g/mol. The number of methoxy groups -OCH3 is 1. The van der Waals surface area contributed by atoms with Gasteiger partial charge in [-0.1, -0.05) is 6.07 Å². The summed E-state index contributed by atoms with van der Waals surface area (Å²) in [4.78, 5) is 16.9. The van der Waals surface area contributed by atoms with E-state index in [1.165, 1.54) is 69.7 Å². The molecule has 15 heteroatoms. The molecule has 0 saturated carbocycles. The van der Waals surface area contributed by atoms with Crippen LogP contribution in [0.5, 0.6) is 11.6 Å². The van der Waals surface area contributed by atoms with Gasteiger partial charge in [0.1, 0.15) is 33.9 Å². The molecule has 2 aliphatic rings. The summed E-state index contributed by atoms with van der Waals surface area (Å²) in [5.74, 6) is -0.138. The van der Waals surface area contributed by atoms with E-state index in [2.05, 4.69) is 19.9 Å². The lowest BCUT2D eigenvalue weighted by molar-refractivity contribution is -0.0506. The van der Waals surface area contributed by atoms with Gasteiger partial charge in [-0.25, -0.2) is 32.7 Å². The van der Waals surface area contributed by atoms with E-state index in [-0.39, 0.29) is 51.1 Å². The zero-order valence-corrected chi connectivity index (χ0v) is 24.8. The molecule has 0 fully saturated rings. The normalized spacial score (nSPS) is 17.5. The van der Waals surface area contributed by atoms with E-state index in [1.54, 1.807) is 10.6 Å². The molecule has 0 amide bonds. The summed E-state index contributed by atoms with van der Waals surface area (Å²) in [6, 6.07) is 8.34. The van der Waals surface area contributed by atoms with Crippen LogP contribution in [0, 0.1) is 5.82 Å². The smallest absolute Gasteiger partial charge is 0.387 e.